The van der Waals surface area contributed by atoms with Crippen LogP contribution in [-0.4, -0.2) is 47.6 Å². The number of nitrogens with zero attached hydrogens (tertiary/aromatic N) is 1. The van der Waals surface area contributed by atoms with Gasteiger partial charge in [0.15, 0.2) is 0 Å². The number of hydrogen-bond donors (Lipinski definition) is 1. The summed E-state index contributed by atoms with van der Waals surface area (Å²) in [5, 5.41) is 3.57. The fourth-order valence-electron chi connectivity index (χ4n) is 3.13. The molecule has 2 aliphatic rings. The Labute approximate surface area is 105 Å². The maximum absolute atomic E-state index is 3.57. The molecule has 0 spiro atoms. The molecule has 2 unspecified atom stereocenters. The zero-order valence-corrected chi connectivity index (χ0v) is 11.8. The minimum Gasteiger partial charge on any atom is -0.311 e. The molecule has 0 aromatic heterocycles. The Morgan fingerprint density at radius 2 is 2.00 bits per heavy atom. The van der Waals surface area contributed by atoms with E-state index in [-0.39, 0.29) is 0 Å². The number of rotatable bonds is 3. The number of piperazine rings is 1. The van der Waals surface area contributed by atoms with E-state index in [1.54, 1.807) is 0 Å². The third-order valence-corrected chi connectivity index (χ3v) is 5.74. The molecule has 94 valence electrons. The van der Waals surface area contributed by atoms with E-state index in [1.807, 2.05) is 0 Å². The quantitative estimate of drug-likeness (QED) is 0.818. The highest BCUT2D eigenvalue weighted by Gasteiger charge is 2.36. The lowest BCUT2D eigenvalue weighted by atomic mass is 10.0. The number of nitrogens with one attached hydrogen (secondary N) is 1. The lowest BCUT2D eigenvalue weighted by molar-refractivity contribution is 0.133. The fourth-order valence-corrected chi connectivity index (χ4v) is 4.13. The van der Waals surface area contributed by atoms with Crippen LogP contribution in [0.4, 0.5) is 0 Å². The van der Waals surface area contributed by atoms with Crippen molar-refractivity contribution in [2.45, 2.75) is 56.4 Å². The molecule has 0 radical (unpaired) electrons. The van der Waals surface area contributed by atoms with Gasteiger partial charge in [0, 0.05) is 36.5 Å². The Bertz CT molecular complexity index is 226. The first-order chi connectivity index (χ1) is 7.65. The molecular formula is C13H26N2S. The molecule has 0 amide bonds. The lowest BCUT2D eigenvalue weighted by Crippen LogP contribution is -2.57. The molecule has 2 fully saturated rings. The molecule has 0 aromatic rings. The Kier molecular flexibility index (Phi) is 4.20. The van der Waals surface area contributed by atoms with Gasteiger partial charge in [-0.25, -0.2) is 0 Å². The van der Waals surface area contributed by atoms with Gasteiger partial charge in [0.25, 0.3) is 0 Å². The SMILES string of the molecule is CSC1(CN2CC(C)NCC2C)CCCC1. The molecule has 2 atom stereocenters. The van der Waals surface area contributed by atoms with Crippen molar-refractivity contribution in [1.82, 2.24) is 10.2 Å². The molecule has 0 bridgehead atoms. The summed E-state index contributed by atoms with van der Waals surface area (Å²) in [6.45, 7) is 8.36. The van der Waals surface area contributed by atoms with Crippen molar-refractivity contribution in [3.05, 3.63) is 0 Å². The van der Waals surface area contributed by atoms with Crippen LogP contribution < -0.4 is 5.32 Å². The molecule has 1 heterocycles. The van der Waals surface area contributed by atoms with Gasteiger partial charge in [-0.1, -0.05) is 12.8 Å². The first-order valence-corrected chi connectivity index (χ1v) is 7.90. The molecule has 16 heavy (non-hydrogen) atoms. The van der Waals surface area contributed by atoms with Gasteiger partial charge in [0.05, 0.1) is 0 Å². The molecule has 1 aliphatic heterocycles. The number of hydrogen-bond acceptors (Lipinski definition) is 3. The van der Waals surface area contributed by atoms with Gasteiger partial charge in [0.1, 0.15) is 0 Å². The zero-order chi connectivity index (χ0) is 11.6. The van der Waals surface area contributed by atoms with Crippen LogP contribution in [0.5, 0.6) is 0 Å². The van der Waals surface area contributed by atoms with Crippen LogP contribution in [0.3, 0.4) is 0 Å². The molecule has 3 heteroatoms. The summed E-state index contributed by atoms with van der Waals surface area (Å²) in [6, 6.07) is 1.37. The zero-order valence-electron chi connectivity index (χ0n) is 11.0. The van der Waals surface area contributed by atoms with Crippen LogP contribution in [0.15, 0.2) is 0 Å². The Morgan fingerprint density at radius 3 is 2.62 bits per heavy atom. The van der Waals surface area contributed by atoms with Crippen LogP contribution in [0.25, 0.3) is 0 Å². The lowest BCUT2D eigenvalue weighted by Gasteiger charge is -2.42. The van der Waals surface area contributed by atoms with E-state index >= 15 is 0 Å². The van der Waals surface area contributed by atoms with Gasteiger partial charge >= 0.3 is 0 Å². The van der Waals surface area contributed by atoms with Crippen LogP contribution in [-0.2, 0) is 0 Å². The second kappa shape index (κ2) is 5.28. The average molecular weight is 242 g/mol. The summed E-state index contributed by atoms with van der Waals surface area (Å²) >= 11 is 2.11. The van der Waals surface area contributed by atoms with Gasteiger partial charge in [-0.15, -0.1) is 0 Å². The van der Waals surface area contributed by atoms with E-state index in [9.17, 15) is 0 Å². The Hall–Kier alpha value is 0.270. The van der Waals surface area contributed by atoms with E-state index in [0.29, 0.717) is 16.8 Å². The van der Waals surface area contributed by atoms with Crippen molar-refractivity contribution in [1.29, 1.82) is 0 Å². The molecule has 1 aliphatic carbocycles. The van der Waals surface area contributed by atoms with Gasteiger partial charge in [-0.2, -0.15) is 11.8 Å². The maximum Gasteiger partial charge on any atom is 0.0284 e. The molecule has 0 aromatic carbocycles. The standard InChI is InChI=1S/C13H26N2S/c1-11-9-15(12(2)8-14-11)10-13(16-3)6-4-5-7-13/h11-12,14H,4-10H2,1-3H3. The van der Waals surface area contributed by atoms with Gasteiger partial charge in [-0.05, 0) is 32.9 Å². The Morgan fingerprint density at radius 1 is 1.31 bits per heavy atom. The molecular weight excluding hydrogens is 216 g/mol. The van der Waals surface area contributed by atoms with Crippen molar-refractivity contribution in [2.24, 2.45) is 0 Å². The van der Waals surface area contributed by atoms with Crippen LogP contribution in [0.2, 0.25) is 0 Å². The highest BCUT2D eigenvalue weighted by atomic mass is 32.2. The average Bonchev–Trinajstić information content (AvgIpc) is 2.73. The minimum absolute atomic E-state index is 0.575. The first kappa shape index (κ1) is 12.7. The summed E-state index contributed by atoms with van der Waals surface area (Å²) in [5.41, 5.74) is 0. The minimum atomic E-state index is 0.575. The van der Waals surface area contributed by atoms with Crippen molar-refractivity contribution < 1.29 is 0 Å². The number of thioether (sulfide) groups is 1. The van der Waals surface area contributed by atoms with Gasteiger partial charge in [-0.3, -0.25) is 4.90 Å². The highest BCUT2D eigenvalue weighted by Crippen LogP contribution is 2.41. The summed E-state index contributed by atoms with van der Waals surface area (Å²) in [6.07, 6.45) is 8.05. The topological polar surface area (TPSA) is 15.3 Å². The molecule has 2 nitrogen and oxygen atoms in total. The third kappa shape index (κ3) is 2.74. The normalized spacial score (nSPS) is 35.4. The van der Waals surface area contributed by atoms with Gasteiger partial charge in [0.2, 0.25) is 0 Å². The van der Waals surface area contributed by atoms with Gasteiger partial charge < -0.3 is 5.32 Å². The van der Waals surface area contributed by atoms with E-state index in [2.05, 4.69) is 42.1 Å². The third-order valence-electron chi connectivity index (χ3n) is 4.33. The molecule has 1 N–H and O–H groups in total. The predicted octanol–water partition coefficient (Wildman–Crippen LogP) is 2.34. The van der Waals surface area contributed by atoms with E-state index < -0.39 is 0 Å². The maximum atomic E-state index is 3.57. The molecule has 1 saturated heterocycles. The van der Waals surface area contributed by atoms with E-state index in [4.69, 9.17) is 0 Å². The smallest absolute Gasteiger partial charge is 0.0284 e. The van der Waals surface area contributed by atoms with Crippen LogP contribution in [0, 0.1) is 0 Å². The van der Waals surface area contributed by atoms with Crippen molar-refractivity contribution in [3.8, 4) is 0 Å². The monoisotopic (exact) mass is 242 g/mol. The summed E-state index contributed by atoms with van der Waals surface area (Å²) in [4.78, 5) is 2.71. The van der Waals surface area contributed by atoms with Crippen molar-refractivity contribution in [2.75, 3.05) is 25.9 Å². The van der Waals surface area contributed by atoms with Crippen molar-refractivity contribution >= 4 is 11.8 Å². The fraction of sp³-hybridized carbons (Fsp3) is 1.00. The first-order valence-electron chi connectivity index (χ1n) is 6.68. The summed E-state index contributed by atoms with van der Waals surface area (Å²) < 4.78 is 0.575. The van der Waals surface area contributed by atoms with Crippen LogP contribution in [0.1, 0.15) is 39.5 Å². The van der Waals surface area contributed by atoms with E-state index in [1.165, 1.54) is 38.8 Å². The van der Waals surface area contributed by atoms with Crippen LogP contribution >= 0.6 is 11.8 Å². The molecule has 2 rings (SSSR count). The Balaban J connectivity index is 1.96. The highest BCUT2D eigenvalue weighted by molar-refractivity contribution is 8.00. The largest absolute Gasteiger partial charge is 0.311 e. The van der Waals surface area contributed by atoms with E-state index in [0.717, 1.165) is 6.54 Å². The van der Waals surface area contributed by atoms with Crippen molar-refractivity contribution in [3.63, 3.8) is 0 Å². The summed E-state index contributed by atoms with van der Waals surface area (Å²) in [7, 11) is 0. The summed E-state index contributed by atoms with van der Waals surface area (Å²) in [5.74, 6) is 0. The second-order valence-corrected chi connectivity index (χ2v) is 6.96. The molecule has 1 saturated carbocycles. The second-order valence-electron chi connectivity index (χ2n) is 5.68. The predicted molar refractivity (Wildman–Crippen MR) is 73.2 cm³/mol.